The van der Waals surface area contributed by atoms with Crippen LogP contribution in [0.25, 0.3) is 11.0 Å². The van der Waals surface area contributed by atoms with Crippen LogP contribution in [0.15, 0.2) is 48.5 Å². The van der Waals surface area contributed by atoms with E-state index in [1.807, 2.05) is 55.6 Å². The first-order valence-corrected chi connectivity index (χ1v) is 8.15. The summed E-state index contributed by atoms with van der Waals surface area (Å²) in [5, 5.41) is 0. The second kappa shape index (κ2) is 7.27. The van der Waals surface area contributed by atoms with Gasteiger partial charge in [0.25, 0.3) is 5.91 Å². The van der Waals surface area contributed by atoms with Gasteiger partial charge in [0.15, 0.2) is 0 Å². The number of aromatic nitrogens is 2. The molecule has 0 aliphatic heterocycles. The van der Waals surface area contributed by atoms with E-state index < -0.39 is 0 Å². The van der Waals surface area contributed by atoms with Crippen molar-refractivity contribution >= 4 is 16.9 Å². The molecular formula is C19H22N4O. The number of hydrogen-bond acceptors (Lipinski definition) is 3. The normalized spacial score (nSPS) is 10.9. The van der Waals surface area contributed by atoms with Crippen LogP contribution >= 0.6 is 0 Å². The molecule has 124 valence electrons. The molecule has 5 heteroatoms. The van der Waals surface area contributed by atoms with Crippen molar-refractivity contribution in [1.29, 1.82) is 0 Å². The average molecular weight is 322 g/mol. The van der Waals surface area contributed by atoms with Crippen LogP contribution in [0.3, 0.4) is 0 Å². The highest BCUT2D eigenvalue weighted by atomic mass is 16.2. The van der Waals surface area contributed by atoms with Crippen LogP contribution in [0.5, 0.6) is 0 Å². The molecule has 1 amide bonds. The highest BCUT2D eigenvalue weighted by Gasteiger charge is 2.11. The molecule has 0 spiro atoms. The summed E-state index contributed by atoms with van der Waals surface area (Å²) in [6.07, 6.45) is 1.68. The van der Waals surface area contributed by atoms with Gasteiger partial charge in [-0.05, 0) is 36.2 Å². The zero-order valence-electron chi connectivity index (χ0n) is 13.8. The Morgan fingerprint density at radius 2 is 1.92 bits per heavy atom. The third-order valence-electron chi connectivity index (χ3n) is 4.13. The fourth-order valence-electron chi connectivity index (χ4n) is 2.71. The number of rotatable bonds is 6. The van der Waals surface area contributed by atoms with E-state index in [1.54, 1.807) is 4.90 Å². The Bertz CT molecular complexity index is 790. The molecule has 0 aliphatic carbocycles. The average Bonchev–Trinajstić information content (AvgIpc) is 3.03. The molecule has 0 fully saturated rings. The molecule has 1 aromatic heterocycles. The third kappa shape index (κ3) is 3.63. The molecule has 0 aliphatic rings. The summed E-state index contributed by atoms with van der Waals surface area (Å²) in [6, 6.07) is 15.5. The van der Waals surface area contributed by atoms with Crippen LogP contribution in [0, 0.1) is 0 Å². The molecule has 0 bridgehead atoms. The van der Waals surface area contributed by atoms with Gasteiger partial charge in [0.05, 0.1) is 11.0 Å². The number of nitrogens with one attached hydrogen (secondary N) is 1. The fraction of sp³-hybridized carbons (Fsp3) is 0.263. The zero-order chi connectivity index (χ0) is 16.9. The molecule has 3 rings (SSSR count). The molecule has 24 heavy (non-hydrogen) atoms. The monoisotopic (exact) mass is 322 g/mol. The van der Waals surface area contributed by atoms with Crippen molar-refractivity contribution in [2.75, 3.05) is 13.6 Å². The smallest absolute Gasteiger partial charge is 0.253 e. The number of aromatic amines is 1. The van der Waals surface area contributed by atoms with Gasteiger partial charge < -0.3 is 15.6 Å². The first-order valence-electron chi connectivity index (χ1n) is 8.15. The minimum Gasteiger partial charge on any atom is -0.342 e. The van der Waals surface area contributed by atoms with Gasteiger partial charge in [-0.2, -0.15) is 0 Å². The van der Waals surface area contributed by atoms with E-state index in [1.165, 1.54) is 0 Å². The topological polar surface area (TPSA) is 75.0 Å². The van der Waals surface area contributed by atoms with Crippen LogP contribution < -0.4 is 5.73 Å². The molecule has 2 aromatic carbocycles. The second-order valence-electron chi connectivity index (χ2n) is 5.93. The highest BCUT2D eigenvalue weighted by Crippen LogP contribution is 2.12. The van der Waals surface area contributed by atoms with Crippen LogP contribution in [0.4, 0.5) is 0 Å². The summed E-state index contributed by atoms with van der Waals surface area (Å²) in [5.41, 5.74) is 9.34. The standard InChI is InChI=1S/C19H22N4O/c1-23(19(24)15-10-8-14(13-20)9-11-15)12-4-7-18-21-16-5-2-3-6-17(16)22-18/h2-3,5-6,8-11H,4,7,12-13,20H2,1H3,(H,21,22). The minimum atomic E-state index is 0.0307. The summed E-state index contributed by atoms with van der Waals surface area (Å²) in [5.74, 6) is 0.993. The van der Waals surface area contributed by atoms with Gasteiger partial charge in [-0.1, -0.05) is 24.3 Å². The van der Waals surface area contributed by atoms with Crippen molar-refractivity contribution in [2.24, 2.45) is 5.73 Å². The van der Waals surface area contributed by atoms with Gasteiger partial charge in [0.1, 0.15) is 5.82 Å². The Labute approximate surface area is 141 Å². The predicted molar refractivity (Wildman–Crippen MR) is 95.7 cm³/mol. The maximum absolute atomic E-state index is 12.4. The van der Waals surface area contributed by atoms with E-state index in [4.69, 9.17) is 5.73 Å². The van der Waals surface area contributed by atoms with Crippen molar-refractivity contribution in [3.05, 3.63) is 65.5 Å². The number of H-pyrrole nitrogens is 1. The Morgan fingerprint density at radius 3 is 2.62 bits per heavy atom. The number of carbonyl (C=O) groups is 1. The van der Waals surface area contributed by atoms with Crippen LogP contribution in [0.1, 0.15) is 28.2 Å². The van der Waals surface area contributed by atoms with Crippen LogP contribution in [-0.2, 0) is 13.0 Å². The molecule has 1 heterocycles. The Morgan fingerprint density at radius 1 is 1.17 bits per heavy atom. The van der Waals surface area contributed by atoms with Crippen LogP contribution in [0.2, 0.25) is 0 Å². The molecule has 3 N–H and O–H groups in total. The Hall–Kier alpha value is -2.66. The third-order valence-corrected chi connectivity index (χ3v) is 4.13. The predicted octanol–water partition coefficient (Wildman–Crippen LogP) is 2.73. The maximum atomic E-state index is 12.4. The van der Waals surface area contributed by atoms with Crippen LogP contribution in [-0.4, -0.2) is 34.4 Å². The van der Waals surface area contributed by atoms with Crippen molar-refractivity contribution < 1.29 is 4.79 Å². The number of hydrogen-bond donors (Lipinski definition) is 2. The number of nitrogens with zero attached hydrogens (tertiary/aromatic N) is 2. The summed E-state index contributed by atoms with van der Waals surface area (Å²) in [7, 11) is 1.83. The minimum absolute atomic E-state index is 0.0307. The number of carbonyl (C=O) groups excluding carboxylic acids is 1. The quantitative estimate of drug-likeness (QED) is 0.733. The molecule has 3 aromatic rings. The van der Waals surface area contributed by atoms with E-state index in [-0.39, 0.29) is 5.91 Å². The number of amides is 1. The van der Waals surface area contributed by atoms with E-state index in [0.717, 1.165) is 35.3 Å². The number of nitrogens with two attached hydrogens (primary N) is 1. The number of aryl methyl sites for hydroxylation is 1. The SMILES string of the molecule is CN(CCCc1nc2ccccc2[nH]1)C(=O)c1ccc(CN)cc1. The van der Waals surface area contributed by atoms with Crippen molar-refractivity contribution in [2.45, 2.75) is 19.4 Å². The van der Waals surface area contributed by atoms with E-state index >= 15 is 0 Å². The lowest BCUT2D eigenvalue weighted by atomic mass is 10.1. The number of imidazole rings is 1. The number of fused-ring (bicyclic) bond motifs is 1. The highest BCUT2D eigenvalue weighted by molar-refractivity contribution is 5.94. The van der Waals surface area contributed by atoms with E-state index in [9.17, 15) is 4.79 Å². The lowest BCUT2D eigenvalue weighted by Crippen LogP contribution is -2.28. The summed E-state index contributed by atoms with van der Waals surface area (Å²) in [6.45, 7) is 1.18. The number of para-hydroxylation sites is 2. The van der Waals surface area contributed by atoms with Crippen molar-refractivity contribution in [1.82, 2.24) is 14.9 Å². The van der Waals surface area contributed by atoms with Crippen molar-refractivity contribution in [3.8, 4) is 0 Å². The molecule has 0 atom stereocenters. The Kier molecular flexibility index (Phi) is 4.91. The van der Waals surface area contributed by atoms with Gasteiger partial charge in [0, 0.05) is 32.1 Å². The van der Waals surface area contributed by atoms with E-state index in [2.05, 4.69) is 9.97 Å². The number of benzene rings is 2. The lowest BCUT2D eigenvalue weighted by molar-refractivity contribution is 0.0793. The molecule has 5 nitrogen and oxygen atoms in total. The van der Waals surface area contributed by atoms with E-state index in [0.29, 0.717) is 18.7 Å². The zero-order valence-corrected chi connectivity index (χ0v) is 13.8. The first-order chi connectivity index (χ1) is 11.7. The van der Waals surface area contributed by atoms with Gasteiger partial charge in [0.2, 0.25) is 0 Å². The molecule has 0 unspecified atom stereocenters. The second-order valence-corrected chi connectivity index (χ2v) is 5.93. The maximum Gasteiger partial charge on any atom is 0.253 e. The lowest BCUT2D eigenvalue weighted by Gasteiger charge is -2.17. The first kappa shape index (κ1) is 16.2. The van der Waals surface area contributed by atoms with Gasteiger partial charge >= 0.3 is 0 Å². The summed E-state index contributed by atoms with van der Waals surface area (Å²) < 4.78 is 0. The van der Waals surface area contributed by atoms with Gasteiger partial charge in [-0.15, -0.1) is 0 Å². The largest absolute Gasteiger partial charge is 0.342 e. The molecule has 0 saturated heterocycles. The molecule has 0 saturated carbocycles. The summed E-state index contributed by atoms with van der Waals surface area (Å²) in [4.78, 5) is 22.0. The molecule has 0 radical (unpaired) electrons. The molecular weight excluding hydrogens is 300 g/mol. The van der Waals surface area contributed by atoms with Gasteiger partial charge in [-0.3, -0.25) is 4.79 Å². The van der Waals surface area contributed by atoms with Gasteiger partial charge in [-0.25, -0.2) is 4.98 Å². The fourth-order valence-corrected chi connectivity index (χ4v) is 2.71. The van der Waals surface area contributed by atoms with Crippen molar-refractivity contribution in [3.63, 3.8) is 0 Å². The Balaban J connectivity index is 1.54. The summed E-state index contributed by atoms with van der Waals surface area (Å²) >= 11 is 0.